The predicted molar refractivity (Wildman–Crippen MR) is 109 cm³/mol. The van der Waals surface area contributed by atoms with Crippen molar-refractivity contribution in [2.45, 2.75) is 38.1 Å². The molecule has 4 nitrogen and oxygen atoms in total. The lowest BCUT2D eigenvalue weighted by molar-refractivity contribution is 0.467. The van der Waals surface area contributed by atoms with Gasteiger partial charge in [-0.05, 0) is 43.4 Å². The molecular weight excluding hydrogens is 418 g/mol. The third-order valence-corrected chi connectivity index (χ3v) is 4.70. The van der Waals surface area contributed by atoms with Gasteiger partial charge < -0.3 is 15.5 Å². The first kappa shape index (κ1) is 19.3. The number of benzene rings is 1. The normalized spacial score (nSPS) is 21.2. The van der Waals surface area contributed by atoms with E-state index in [4.69, 9.17) is 0 Å². The maximum Gasteiger partial charge on any atom is 0.191 e. The Bertz CT molecular complexity index is 548. The van der Waals surface area contributed by atoms with E-state index >= 15 is 0 Å². The fraction of sp³-hybridized carbons (Fsp3) is 0.611. The third-order valence-electron chi connectivity index (χ3n) is 4.70. The van der Waals surface area contributed by atoms with Crippen molar-refractivity contribution in [3.63, 3.8) is 0 Å². The molecule has 0 amide bonds. The second kappa shape index (κ2) is 9.44. The Morgan fingerprint density at radius 1 is 1.33 bits per heavy atom. The van der Waals surface area contributed by atoms with E-state index in [-0.39, 0.29) is 29.8 Å². The first-order valence-electron chi connectivity index (χ1n) is 8.72. The van der Waals surface area contributed by atoms with Crippen LogP contribution in [0.25, 0.3) is 0 Å². The number of nitrogens with one attached hydrogen (secondary N) is 2. The van der Waals surface area contributed by atoms with Crippen molar-refractivity contribution < 1.29 is 4.39 Å². The van der Waals surface area contributed by atoms with Crippen LogP contribution in [0.1, 0.15) is 32.1 Å². The number of aliphatic imine (C=N–C) groups is 1. The molecule has 2 fully saturated rings. The molecule has 2 N–H and O–H groups in total. The van der Waals surface area contributed by atoms with E-state index in [9.17, 15) is 4.39 Å². The number of hydrogen-bond donors (Lipinski definition) is 2. The number of piperidine rings is 1. The lowest BCUT2D eigenvalue weighted by Crippen LogP contribution is -2.51. The van der Waals surface area contributed by atoms with Gasteiger partial charge in [0.05, 0.1) is 0 Å². The van der Waals surface area contributed by atoms with Gasteiger partial charge in [-0.25, -0.2) is 4.39 Å². The van der Waals surface area contributed by atoms with Crippen molar-refractivity contribution in [2.75, 3.05) is 31.6 Å². The summed E-state index contributed by atoms with van der Waals surface area (Å²) in [4.78, 5) is 6.58. The lowest BCUT2D eigenvalue weighted by atomic mass is 10.0. The molecule has 1 aliphatic heterocycles. The molecule has 2 aliphatic rings. The van der Waals surface area contributed by atoms with Gasteiger partial charge in [0, 0.05) is 38.4 Å². The summed E-state index contributed by atoms with van der Waals surface area (Å²) in [6, 6.07) is 7.22. The minimum absolute atomic E-state index is 0. The molecule has 0 bridgehead atoms. The van der Waals surface area contributed by atoms with Crippen molar-refractivity contribution in [3.05, 3.63) is 30.1 Å². The minimum Gasteiger partial charge on any atom is -0.369 e. The summed E-state index contributed by atoms with van der Waals surface area (Å²) < 4.78 is 13.4. The van der Waals surface area contributed by atoms with Crippen LogP contribution < -0.4 is 15.5 Å². The summed E-state index contributed by atoms with van der Waals surface area (Å²) in [5, 5.41) is 6.93. The number of nitrogens with zero attached hydrogens (tertiary/aromatic N) is 2. The molecule has 0 aromatic heterocycles. The molecule has 24 heavy (non-hydrogen) atoms. The lowest BCUT2D eigenvalue weighted by Gasteiger charge is -2.35. The Balaban J connectivity index is 0.00000208. The Morgan fingerprint density at radius 2 is 2.17 bits per heavy atom. The molecule has 1 aliphatic carbocycles. The van der Waals surface area contributed by atoms with Crippen LogP contribution in [0.5, 0.6) is 0 Å². The van der Waals surface area contributed by atoms with Gasteiger partial charge in [-0.15, -0.1) is 24.0 Å². The van der Waals surface area contributed by atoms with Crippen LogP contribution in [-0.4, -0.2) is 38.7 Å². The summed E-state index contributed by atoms with van der Waals surface area (Å²) >= 11 is 0. The summed E-state index contributed by atoms with van der Waals surface area (Å²) in [6.07, 6.45) is 6.24. The monoisotopic (exact) mass is 446 g/mol. The molecular formula is C18H28FIN4. The Labute approximate surface area is 161 Å². The highest BCUT2D eigenvalue weighted by Crippen LogP contribution is 2.31. The maximum atomic E-state index is 13.4. The van der Waals surface area contributed by atoms with Crippen LogP contribution in [0.2, 0.25) is 0 Å². The van der Waals surface area contributed by atoms with Crippen LogP contribution in [0, 0.1) is 11.7 Å². The van der Waals surface area contributed by atoms with Crippen LogP contribution in [0.15, 0.2) is 29.3 Å². The van der Waals surface area contributed by atoms with E-state index in [1.54, 1.807) is 12.1 Å². The van der Waals surface area contributed by atoms with E-state index < -0.39 is 0 Å². The number of rotatable bonds is 5. The predicted octanol–water partition coefficient (Wildman–Crippen LogP) is 3.38. The highest BCUT2D eigenvalue weighted by Gasteiger charge is 2.22. The number of hydrogen-bond acceptors (Lipinski definition) is 2. The maximum absolute atomic E-state index is 13.4. The quantitative estimate of drug-likeness (QED) is 0.414. The summed E-state index contributed by atoms with van der Waals surface area (Å²) in [7, 11) is 1.82. The van der Waals surface area contributed by atoms with E-state index in [0.29, 0.717) is 6.04 Å². The molecule has 1 saturated heterocycles. The fourth-order valence-electron chi connectivity index (χ4n) is 3.19. The summed E-state index contributed by atoms with van der Waals surface area (Å²) in [6.45, 7) is 2.85. The molecule has 0 spiro atoms. The first-order valence-corrected chi connectivity index (χ1v) is 8.72. The second-order valence-electron chi connectivity index (χ2n) is 6.64. The zero-order valence-corrected chi connectivity index (χ0v) is 16.6. The fourth-order valence-corrected chi connectivity index (χ4v) is 3.19. The highest BCUT2D eigenvalue weighted by molar-refractivity contribution is 14.0. The van der Waals surface area contributed by atoms with Crippen LogP contribution in [0.4, 0.5) is 10.1 Å². The molecule has 1 aromatic rings. The smallest absolute Gasteiger partial charge is 0.191 e. The topological polar surface area (TPSA) is 39.7 Å². The SMILES string of the molecule is CN=C(NCCC1CC1)NC1CCCN(c2cccc(F)c2)C1.I. The van der Waals surface area contributed by atoms with Gasteiger partial charge in [-0.2, -0.15) is 0 Å². The molecule has 1 heterocycles. The van der Waals surface area contributed by atoms with Crippen molar-refractivity contribution >= 4 is 35.6 Å². The molecule has 6 heteroatoms. The Kier molecular flexibility index (Phi) is 7.58. The largest absolute Gasteiger partial charge is 0.369 e. The summed E-state index contributed by atoms with van der Waals surface area (Å²) in [5.41, 5.74) is 0.966. The number of halogens is 2. The highest BCUT2D eigenvalue weighted by atomic mass is 127. The molecule has 1 aromatic carbocycles. The number of anilines is 1. The van der Waals surface area contributed by atoms with E-state index in [1.807, 2.05) is 13.1 Å². The van der Waals surface area contributed by atoms with E-state index in [1.165, 1.54) is 25.3 Å². The Hall–Kier alpha value is -1.05. The Morgan fingerprint density at radius 3 is 2.88 bits per heavy atom. The van der Waals surface area contributed by atoms with Crippen LogP contribution in [-0.2, 0) is 0 Å². The average molecular weight is 446 g/mol. The second-order valence-corrected chi connectivity index (χ2v) is 6.64. The first-order chi connectivity index (χ1) is 11.2. The van der Waals surface area contributed by atoms with Crippen molar-refractivity contribution in [3.8, 4) is 0 Å². The van der Waals surface area contributed by atoms with Crippen LogP contribution >= 0.6 is 24.0 Å². The molecule has 3 rings (SSSR count). The molecule has 1 unspecified atom stereocenters. The van der Waals surface area contributed by atoms with Crippen LogP contribution in [0.3, 0.4) is 0 Å². The minimum atomic E-state index is -0.171. The van der Waals surface area contributed by atoms with Gasteiger partial charge in [-0.1, -0.05) is 18.9 Å². The van der Waals surface area contributed by atoms with E-state index in [2.05, 4.69) is 20.5 Å². The molecule has 1 atom stereocenters. The molecule has 134 valence electrons. The molecule has 1 saturated carbocycles. The van der Waals surface area contributed by atoms with Crippen molar-refractivity contribution in [2.24, 2.45) is 10.9 Å². The zero-order valence-electron chi connectivity index (χ0n) is 14.3. The van der Waals surface area contributed by atoms with Gasteiger partial charge in [0.15, 0.2) is 5.96 Å². The average Bonchev–Trinajstić information content (AvgIpc) is 3.38. The van der Waals surface area contributed by atoms with E-state index in [0.717, 1.165) is 50.0 Å². The van der Waals surface area contributed by atoms with Gasteiger partial charge in [0.25, 0.3) is 0 Å². The third kappa shape index (κ3) is 5.79. The molecule has 0 radical (unpaired) electrons. The van der Waals surface area contributed by atoms with Gasteiger partial charge >= 0.3 is 0 Å². The standard InChI is InChI=1S/C18H27FN4.HI/c1-20-18(21-10-9-14-7-8-14)22-16-5-3-11-23(13-16)17-6-2-4-15(19)12-17;/h2,4,6,12,14,16H,3,5,7-11,13H2,1H3,(H2,20,21,22);1H. The zero-order chi connectivity index (χ0) is 16.1. The van der Waals surface area contributed by atoms with Gasteiger partial charge in [-0.3, -0.25) is 4.99 Å². The van der Waals surface area contributed by atoms with Crippen molar-refractivity contribution in [1.29, 1.82) is 0 Å². The summed E-state index contributed by atoms with van der Waals surface area (Å²) in [5.74, 6) is 1.64. The van der Waals surface area contributed by atoms with Gasteiger partial charge in [0.2, 0.25) is 0 Å². The van der Waals surface area contributed by atoms with Gasteiger partial charge in [0.1, 0.15) is 5.82 Å². The van der Waals surface area contributed by atoms with Crippen molar-refractivity contribution in [1.82, 2.24) is 10.6 Å². The number of guanidine groups is 1.